The predicted octanol–water partition coefficient (Wildman–Crippen LogP) is 1.98. The number of rotatable bonds is 5. The standard InChI is InChI=1S/C13H17ClN2O3/c1-4-5-10-6-9(7-11(14)16-10)12(17)15-8(2)13(18)19-3/h6-8H,4-5H2,1-3H3,(H,15,17)/t8-/m0/s1. The highest BCUT2D eigenvalue weighted by molar-refractivity contribution is 6.29. The molecule has 0 saturated carbocycles. The molecule has 5 nitrogen and oxygen atoms in total. The average Bonchev–Trinajstić information content (AvgIpc) is 2.37. The van der Waals surface area contributed by atoms with Crippen molar-refractivity contribution in [3.63, 3.8) is 0 Å². The SMILES string of the molecule is CCCc1cc(C(=O)N[C@@H](C)C(=O)OC)cc(Cl)n1. The van der Waals surface area contributed by atoms with Crippen LogP contribution in [0.5, 0.6) is 0 Å². The van der Waals surface area contributed by atoms with Crippen LogP contribution < -0.4 is 5.32 Å². The van der Waals surface area contributed by atoms with Gasteiger partial charge in [-0.1, -0.05) is 24.9 Å². The van der Waals surface area contributed by atoms with Crippen molar-refractivity contribution in [2.45, 2.75) is 32.7 Å². The number of carbonyl (C=O) groups is 2. The highest BCUT2D eigenvalue weighted by atomic mass is 35.5. The molecular weight excluding hydrogens is 268 g/mol. The van der Waals surface area contributed by atoms with Crippen molar-refractivity contribution in [3.8, 4) is 0 Å². The average molecular weight is 285 g/mol. The first kappa shape index (κ1) is 15.4. The van der Waals surface area contributed by atoms with Gasteiger partial charge in [0.2, 0.25) is 0 Å². The molecule has 0 bridgehead atoms. The van der Waals surface area contributed by atoms with Crippen LogP contribution in [0.1, 0.15) is 36.3 Å². The van der Waals surface area contributed by atoms with Gasteiger partial charge in [0.05, 0.1) is 7.11 Å². The van der Waals surface area contributed by atoms with Crippen molar-refractivity contribution in [2.24, 2.45) is 0 Å². The van der Waals surface area contributed by atoms with Gasteiger partial charge in [-0.25, -0.2) is 9.78 Å². The Morgan fingerprint density at radius 2 is 2.16 bits per heavy atom. The zero-order chi connectivity index (χ0) is 14.4. The maximum absolute atomic E-state index is 12.0. The molecule has 0 aliphatic carbocycles. The quantitative estimate of drug-likeness (QED) is 0.663. The van der Waals surface area contributed by atoms with E-state index in [-0.39, 0.29) is 11.1 Å². The first-order valence-corrected chi connectivity index (χ1v) is 6.40. The van der Waals surface area contributed by atoms with Crippen LogP contribution in [0.4, 0.5) is 0 Å². The lowest BCUT2D eigenvalue weighted by molar-refractivity contribution is -0.142. The maximum atomic E-state index is 12.0. The second-order valence-corrected chi connectivity index (χ2v) is 4.53. The number of methoxy groups -OCH3 is 1. The first-order valence-electron chi connectivity index (χ1n) is 6.03. The summed E-state index contributed by atoms with van der Waals surface area (Å²) in [4.78, 5) is 27.3. The Morgan fingerprint density at radius 1 is 1.47 bits per heavy atom. The molecule has 0 aromatic carbocycles. The molecule has 0 unspecified atom stereocenters. The second kappa shape index (κ2) is 7.09. The molecule has 19 heavy (non-hydrogen) atoms. The van der Waals surface area contributed by atoms with E-state index >= 15 is 0 Å². The van der Waals surface area contributed by atoms with Crippen molar-refractivity contribution in [3.05, 3.63) is 28.5 Å². The number of hydrogen-bond donors (Lipinski definition) is 1. The van der Waals surface area contributed by atoms with Crippen LogP contribution in [0.2, 0.25) is 5.15 Å². The van der Waals surface area contributed by atoms with Gasteiger partial charge in [-0.15, -0.1) is 0 Å². The van der Waals surface area contributed by atoms with Crippen molar-refractivity contribution in [2.75, 3.05) is 7.11 Å². The van der Waals surface area contributed by atoms with Crippen LogP contribution in [0.15, 0.2) is 12.1 Å². The number of nitrogens with one attached hydrogen (secondary N) is 1. The molecule has 1 aromatic heterocycles. The molecule has 1 amide bonds. The topological polar surface area (TPSA) is 68.3 Å². The molecular formula is C13H17ClN2O3. The van der Waals surface area contributed by atoms with E-state index in [4.69, 9.17) is 11.6 Å². The summed E-state index contributed by atoms with van der Waals surface area (Å²) < 4.78 is 4.54. The zero-order valence-electron chi connectivity index (χ0n) is 11.2. The van der Waals surface area contributed by atoms with Crippen molar-refractivity contribution >= 4 is 23.5 Å². The molecule has 0 radical (unpaired) electrons. The maximum Gasteiger partial charge on any atom is 0.328 e. The minimum atomic E-state index is -0.709. The molecule has 6 heteroatoms. The third kappa shape index (κ3) is 4.52. The normalized spacial score (nSPS) is 11.8. The smallest absolute Gasteiger partial charge is 0.328 e. The van der Waals surface area contributed by atoms with Crippen molar-refractivity contribution in [1.29, 1.82) is 0 Å². The van der Waals surface area contributed by atoms with E-state index in [1.165, 1.54) is 13.2 Å². The zero-order valence-corrected chi connectivity index (χ0v) is 12.0. The number of halogens is 1. The van der Waals surface area contributed by atoms with E-state index in [0.717, 1.165) is 18.5 Å². The molecule has 0 fully saturated rings. The Labute approximate surface area is 117 Å². The molecule has 1 N–H and O–H groups in total. The number of aryl methyl sites for hydroxylation is 1. The molecule has 0 aliphatic heterocycles. The number of ether oxygens (including phenoxy) is 1. The summed E-state index contributed by atoms with van der Waals surface area (Å²) in [7, 11) is 1.27. The number of hydrogen-bond acceptors (Lipinski definition) is 4. The molecule has 0 aliphatic rings. The summed E-state index contributed by atoms with van der Waals surface area (Å²) in [5, 5.41) is 2.81. The van der Waals surface area contributed by atoms with Crippen LogP contribution in [0, 0.1) is 0 Å². The van der Waals surface area contributed by atoms with E-state index in [1.54, 1.807) is 13.0 Å². The van der Waals surface area contributed by atoms with Crippen LogP contribution in [-0.4, -0.2) is 30.0 Å². The van der Waals surface area contributed by atoms with Gasteiger partial charge in [0.15, 0.2) is 0 Å². The number of amides is 1. The van der Waals surface area contributed by atoms with Gasteiger partial charge < -0.3 is 10.1 Å². The van der Waals surface area contributed by atoms with E-state index in [2.05, 4.69) is 15.0 Å². The Hall–Kier alpha value is -1.62. The minimum absolute atomic E-state index is 0.266. The van der Waals surface area contributed by atoms with Gasteiger partial charge in [0.1, 0.15) is 11.2 Å². The molecule has 0 spiro atoms. The Kier molecular flexibility index (Phi) is 5.76. The van der Waals surface area contributed by atoms with Gasteiger partial charge >= 0.3 is 5.97 Å². The summed E-state index contributed by atoms with van der Waals surface area (Å²) in [5.74, 6) is -0.873. The molecule has 104 valence electrons. The summed E-state index contributed by atoms with van der Waals surface area (Å²) in [6.07, 6.45) is 1.65. The molecule has 1 aromatic rings. The lowest BCUT2D eigenvalue weighted by Crippen LogP contribution is -2.39. The second-order valence-electron chi connectivity index (χ2n) is 4.14. The van der Waals surface area contributed by atoms with E-state index in [9.17, 15) is 9.59 Å². The van der Waals surface area contributed by atoms with Gasteiger partial charge in [-0.3, -0.25) is 4.79 Å². The van der Waals surface area contributed by atoms with Crippen LogP contribution in [0.25, 0.3) is 0 Å². The van der Waals surface area contributed by atoms with E-state index in [0.29, 0.717) is 5.56 Å². The van der Waals surface area contributed by atoms with Crippen molar-refractivity contribution < 1.29 is 14.3 Å². The fraction of sp³-hybridized carbons (Fsp3) is 0.462. The van der Waals surface area contributed by atoms with Gasteiger partial charge in [-0.05, 0) is 25.5 Å². The number of esters is 1. The summed E-state index contributed by atoms with van der Waals surface area (Å²) in [5.41, 5.74) is 1.14. The number of aromatic nitrogens is 1. The Bertz CT molecular complexity index is 477. The fourth-order valence-electron chi connectivity index (χ4n) is 1.58. The third-order valence-corrected chi connectivity index (χ3v) is 2.71. The lowest BCUT2D eigenvalue weighted by Gasteiger charge is -2.12. The molecule has 1 rings (SSSR count). The predicted molar refractivity (Wildman–Crippen MR) is 72.2 cm³/mol. The molecule has 0 saturated heterocycles. The fourth-order valence-corrected chi connectivity index (χ4v) is 1.81. The van der Waals surface area contributed by atoms with Gasteiger partial charge in [-0.2, -0.15) is 0 Å². The number of carbonyl (C=O) groups excluding carboxylic acids is 2. The molecule has 1 heterocycles. The van der Waals surface area contributed by atoms with Gasteiger partial charge in [0, 0.05) is 11.3 Å². The summed E-state index contributed by atoms with van der Waals surface area (Å²) >= 11 is 5.87. The van der Waals surface area contributed by atoms with Crippen LogP contribution in [-0.2, 0) is 16.0 Å². The summed E-state index contributed by atoms with van der Waals surface area (Å²) in [6.45, 7) is 3.57. The highest BCUT2D eigenvalue weighted by Crippen LogP contribution is 2.12. The molecule has 1 atom stereocenters. The Balaban J connectivity index is 2.84. The third-order valence-electron chi connectivity index (χ3n) is 2.52. The number of nitrogens with zero attached hydrogens (tertiary/aromatic N) is 1. The minimum Gasteiger partial charge on any atom is -0.467 e. The number of pyridine rings is 1. The van der Waals surface area contributed by atoms with Crippen molar-refractivity contribution in [1.82, 2.24) is 10.3 Å². The first-order chi connectivity index (χ1) is 8.97. The Morgan fingerprint density at radius 3 is 2.74 bits per heavy atom. The monoisotopic (exact) mass is 284 g/mol. The van der Waals surface area contributed by atoms with Crippen LogP contribution in [0.3, 0.4) is 0 Å². The van der Waals surface area contributed by atoms with Gasteiger partial charge in [0.25, 0.3) is 5.91 Å². The van der Waals surface area contributed by atoms with Crippen LogP contribution >= 0.6 is 11.6 Å². The van der Waals surface area contributed by atoms with E-state index in [1.807, 2.05) is 6.92 Å². The van der Waals surface area contributed by atoms with E-state index < -0.39 is 12.0 Å². The summed E-state index contributed by atoms with van der Waals surface area (Å²) in [6, 6.07) is 2.44. The largest absolute Gasteiger partial charge is 0.467 e. The highest BCUT2D eigenvalue weighted by Gasteiger charge is 2.17. The lowest BCUT2D eigenvalue weighted by atomic mass is 10.1.